The van der Waals surface area contributed by atoms with Crippen LogP contribution in [0.25, 0.3) is 0 Å². The first-order chi connectivity index (χ1) is 13.0. The molecule has 0 aliphatic rings. The SMILES string of the molecule is CCCCCCCC([O-])=NC(COP(=O)([O-])O)c1cccc(OC(C)(C)C)c1.[Na+].[Na+]. The van der Waals surface area contributed by atoms with E-state index in [1.807, 2.05) is 20.8 Å². The molecule has 30 heavy (non-hydrogen) atoms. The van der Waals surface area contributed by atoms with Gasteiger partial charge in [-0.3, -0.25) is 9.56 Å². The van der Waals surface area contributed by atoms with Crippen LogP contribution in [0.5, 0.6) is 5.75 Å². The van der Waals surface area contributed by atoms with Gasteiger partial charge in [-0.25, -0.2) is 0 Å². The molecule has 1 rings (SSSR count). The zero-order valence-corrected chi connectivity index (χ0v) is 24.1. The average Bonchev–Trinajstić information content (AvgIpc) is 2.56. The number of hydrogen-bond acceptors (Lipinski definition) is 6. The first-order valence-corrected chi connectivity index (χ1v) is 11.2. The molecule has 0 aliphatic heterocycles. The molecule has 0 fully saturated rings. The van der Waals surface area contributed by atoms with Crippen molar-refractivity contribution < 1.29 is 87.8 Å². The maximum absolute atomic E-state index is 12.2. The third-order valence-electron chi connectivity index (χ3n) is 3.86. The standard InChI is InChI=1S/C20H34NO6P.2Na/c1-5-6-7-8-9-13-19(22)21-18(15-26-28(23,24)25)16-11-10-12-17(14-16)27-20(2,3)4;;/h10-12,14,18H,5-9,13,15H2,1-4H3,(H,21,22)(H2,23,24,25);;/q;2*+1/p-2. The Balaban J connectivity index is 0. The molecule has 0 saturated carbocycles. The molecule has 1 aromatic rings. The van der Waals surface area contributed by atoms with Gasteiger partial charge in [0, 0.05) is 0 Å². The quantitative estimate of drug-likeness (QED) is 0.122. The molecular weight excluding hydrogens is 427 g/mol. The zero-order valence-electron chi connectivity index (χ0n) is 19.2. The molecule has 0 aliphatic carbocycles. The van der Waals surface area contributed by atoms with Crippen LogP contribution in [-0.2, 0) is 9.09 Å². The summed E-state index contributed by atoms with van der Waals surface area (Å²) < 4.78 is 21.3. The smallest absolute Gasteiger partial charge is 0.862 e. The number of ether oxygens (including phenoxy) is 1. The summed E-state index contributed by atoms with van der Waals surface area (Å²) in [6, 6.07) is 6.08. The fourth-order valence-electron chi connectivity index (χ4n) is 2.63. The number of unbranched alkanes of at least 4 members (excludes halogenated alkanes) is 4. The Morgan fingerprint density at radius 2 is 1.83 bits per heavy atom. The molecule has 0 saturated heterocycles. The van der Waals surface area contributed by atoms with Crippen molar-refractivity contribution in [2.75, 3.05) is 6.61 Å². The maximum atomic E-state index is 12.2. The predicted octanol–water partition coefficient (Wildman–Crippen LogP) is -2.49. The Morgan fingerprint density at radius 3 is 2.40 bits per heavy atom. The third kappa shape index (κ3) is 16.3. The second-order valence-corrected chi connectivity index (χ2v) is 8.95. The van der Waals surface area contributed by atoms with Crippen molar-refractivity contribution >= 4 is 13.7 Å². The molecular formula is C20H32NNa2O6P. The molecule has 0 bridgehead atoms. The van der Waals surface area contributed by atoms with Crippen molar-refractivity contribution in [3.8, 4) is 5.75 Å². The van der Waals surface area contributed by atoms with Gasteiger partial charge < -0.3 is 24.2 Å². The summed E-state index contributed by atoms with van der Waals surface area (Å²) in [5, 5.41) is 12.2. The van der Waals surface area contributed by atoms with Gasteiger partial charge in [0.2, 0.25) is 0 Å². The van der Waals surface area contributed by atoms with E-state index in [1.54, 1.807) is 24.3 Å². The minimum absolute atomic E-state index is 0. The van der Waals surface area contributed by atoms with Crippen molar-refractivity contribution in [2.45, 2.75) is 77.9 Å². The van der Waals surface area contributed by atoms with E-state index < -0.39 is 26.1 Å². The minimum atomic E-state index is -4.92. The normalized spacial score (nSPS) is 14.8. The van der Waals surface area contributed by atoms with E-state index in [4.69, 9.17) is 9.63 Å². The minimum Gasteiger partial charge on any atom is -0.862 e. The first-order valence-electron chi connectivity index (χ1n) is 9.71. The summed E-state index contributed by atoms with van der Waals surface area (Å²) in [5.74, 6) is 0.262. The molecule has 0 heterocycles. The van der Waals surface area contributed by atoms with Crippen LogP contribution < -0.4 is 73.9 Å². The second kappa shape index (κ2) is 16.2. The van der Waals surface area contributed by atoms with Crippen LogP contribution in [0.15, 0.2) is 29.3 Å². The van der Waals surface area contributed by atoms with E-state index >= 15 is 0 Å². The van der Waals surface area contributed by atoms with Gasteiger partial charge in [-0.2, -0.15) is 0 Å². The van der Waals surface area contributed by atoms with E-state index in [0.717, 1.165) is 32.1 Å². The number of hydrogen-bond donors (Lipinski definition) is 1. The largest absolute Gasteiger partial charge is 1.00 e. The predicted molar refractivity (Wildman–Crippen MR) is 106 cm³/mol. The van der Waals surface area contributed by atoms with Crippen molar-refractivity contribution in [2.24, 2.45) is 4.99 Å². The van der Waals surface area contributed by atoms with Gasteiger partial charge in [0.05, 0.1) is 12.6 Å². The van der Waals surface area contributed by atoms with E-state index in [-0.39, 0.29) is 65.0 Å². The van der Waals surface area contributed by atoms with Crippen LogP contribution in [0.2, 0.25) is 0 Å². The summed E-state index contributed by atoms with van der Waals surface area (Å²) in [5.41, 5.74) is 0.167. The van der Waals surface area contributed by atoms with Gasteiger partial charge in [0.1, 0.15) is 11.4 Å². The Hall–Kier alpha value is 0.600. The van der Waals surface area contributed by atoms with Crippen LogP contribution in [0, 0.1) is 0 Å². The summed E-state index contributed by atoms with van der Waals surface area (Å²) >= 11 is 0. The number of aliphatic imine (C=N–C) groups is 1. The monoisotopic (exact) mass is 459 g/mol. The molecule has 0 spiro atoms. The molecule has 1 N–H and O–H groups in total. The summed E-state index contributed by atoms with van der Waals surface area (Å²) in [4.78, 5) is 24.0. The number of phosphoric ester groups is 1. The van der Waals surface area contributed by atoms with Crippen molar-refractivity contribution in [3.05, 3.63) is 29.8 Å². The molecule has 0 amide bonds. The number of phosphoric acid groups is 1. The Kier molecular flexibility index (Phi) is 17.8. The molecule has 2 unspecified atom stereocenters. The first kappa shape index (κ1) is 32.8. The molecule has 160 valence electrons. The molecule has 2 atom stereocenters. The van der Waals surface area contributed by atoms with Crippen molar-refractivity contribution in [1.29, 1.82) is 0 Å². The Bertz CT molecular complexity index is 676. The van der Waals surface area contributed by atoms with Gasteiger partial charge >= 0.3 is 59.1 Å². The average molecular weight is 459 g/mol. The summed E-state index contributed by atoms with van der Waals surface area (Å²) in [7, 11) is -4.92. The van der Waals surface area contributed by atoms with Crippen molar-refractivity contribution in [3.63, 3.8) is 0 Å². The Labute approximate surface area is 224 Å². The van der Waals surface area contributed by atoms with E-state index in [1.165, 1.54) is 0 Å². The van der Waals surface area contributed by atoms with E-state index in [9.17, 15) is 14.6 Å². The fraction of sp³-hybridized carbons (Fsp3) is 0.650. The molecule has 0 radical (unpaired) electrons. The van der Waals surface area contributed by atoms with Gasteiger partial charge in [-0.1, -0.05) is 44.7 Å². The van der Waals surface area contributed by atoms with E-state index in [0.29, 0.717) is 17.7 Å². The molecule has 7 nitrogen and oxygen atoms in total. The van der Waals surface area contributed by atoms with Crippen LogP contribution >= 0.6 is 7.82 Å². The Morgan fingerprint density at radius 1 is 1.20 bits per heavy atom. The fourth-order valence-corrected chi connectivity index (χ4v) is 2.96. The number of nitrogens with zero attached hydrogens (tertiary/aromatic N) is 1. The van der Waals surface area contributed by atoms with Crippen LogP contribution in [-0.4, -0.2) is 23.0 Å². The zero-order chi connectivity index (χ0) is 21.2. The molecule has 0 aromatic heterocycles. The third-order valence-corrected chi connectivity index (χ3v) is 4.33. The topological polar surface area (TPSA) is 114 Å². The van der Waals surface area contributed by atoms with Crippen molar-refractivity contribution in [1.82, 2.24) is 0 Å². The molecule has 1 aromatic carbocycles. The van der Waals surface area contributed by atoms with Crippen LogP contribution in [0.1, 0.15) is 77.8 Å². The summed E-state index contributed by atoms with van der Waals surface area (Å²) in [6.45, 7) is 7.40. The van der Waals surface area contributed by atoms with Gasteiger partial charge in [-0.15, -0.1) is 0 Å². The van der Waals surface area contributed by atoms with Crippen LogP contribution in [0.4, 0.5) is 0 Å². The molecule has 10 heteroatoms. The second-order valence-electron chi connectivity index (χ2n) is 7.75. The van der Waals surface area contributed by atoms with Gasteiger partial charge in [0.15, 0.2) is 0 Å². The number of benzene rings is 1. The van der Waals surface area contributed by atoms with Crippen LogP contribution in [0.3, 0.4) is 0 Å². The summed E-state index contributed by atoms with van der Waals surface area (Å²) in [6.07, 6.45) is 5.33. The van der Waals surface area contributed by atoms with Gasteiger partial charge in [0.25, 0.3) is 7.82 Å². The van der Waals surface area contributed by atoms with E-state index in [2.05, 4.69) is 16.4 Å². The number of rotatable bonds is 12. The van der Waals surface area contributed by atoms with Gasteiger partial charge in [-0.05, 0) is 57.2 Å². The maximum Gasteiger partial charge on any atom is 1.00 e.